The van der Waals surface area contributed by atoms with Crippen LogP contribution in [0, 0.1) is 85.0 Å². The molecule has 0 bridgehead atoms. The molecule has 0 amide bonds. The second-order valence-electron chi connectivity index (χ2n) is 7.89. The van der Waals surface area contributed by atoms with Crippen molar-refractivity contribution < 1.29 is 18.9 Å². The summed E-state index contributed by atoms with van der Waals surface area (Å²) in [5.41, 5.74) is 4.97. The molecule has 0 aliphatic carbocycles. The molecule has 0 aliphatic rings. The Morgan fingerprint density at radius 1 is 0.619 bits per heavy atom. The molecule has 4 nitrogen and oxygen atoms in total. The van der Waals surface area contributed by atoms with Crippen molar-refractivity contribution in [2.75, 3.05) is 6.61 Å². The van der Waals surface area contributed by atoms with Crippen LogP contribution in [0.5, 0.6) is 23.0 Å². The van der Waals surface area contributed by atoms with Crippen molar-refractivity contribution >= 4 is 23.2 Å². The monoisotopic (exact) mass is 586 g/mol. The van der Waals surface area contributed by atoms with E-state index in [0.717, 1.165) is 33.4 Å². The molecule has 0 heterocycles. The van der Waals surface area contributed by atoms with Crippen LogP contribution in [-0.4, -0.2) is 6.61 Å². The predicted molar refractivity (Wildman–Crippen MR) is 167 cm³/mol. The molecule has 0 saturated carbocycles. The Balaban J connectivity index is 2.13. The molecule has 0 aromatic heterocycles. The topological polar surface area (TPSA) is 36.9 Å². The van der Waals surface area contributed by atoms with Crippen LogP contribution in [0.4, 0.5) is 0 Å². The van der Waals surface area contributed by atoms with Crippen LogP contribution >= 0.6 is 23.2 Å². The quantitative estimate of drug-likeness (QED) is 0.204. The van der Waals surface area contributed by atoms with Gasteiger partial charge in [-0.05, 0) is 94.5 Å². The Kier molecular flexibility index (Phi) is 12.1. The van der Waals surface area contributed by atoms with E-state index < -0.39 is 0 Å². The maximum absolute atomic E-state index is 6.45. The Bertz CT molecular complexity index is 1860. The molecule has 0 saturated heterocycles. The van der Waals surface area contributed by atoms with E-state index in [1.54, 1.807) is 25.1 Å². The van der Waals surface area contributed by atoms with Gasteiger partial charge in [-0.1, -0.05) is 18.1 Å². The van der Waals surface area contributed by atoms with Crippen LogP contribution in [0.2, 0.25) is 0 Å². The highest BCUT2D eigenvalue weighted by atomic mass is 35.5. The summed E-state index contributed by atoms with van der Waals surface area (Å²) in [5, 5.41) is 0. The van der Waals surface area contributed by atoms with E-state index in [-0.39, 0.29) is 18.4 Å². The van der Waals surface area contributed by atoms with Crippen molar-refractivity contribution in [3.63, 3.8) is 0 Å². The lowest BCUT2D eigenvalue weighted by Gasteiger charge is -2.17. The summed E-state index contributed by atoms with van der Waals surface area (Å²) in [6, 6.07) is 14.6. The molecule has 6 heteroatoms. The van der Waals surface area contributed by atoms with E-state index in [0.29, 0.717) is 23.0 Å². The zero-order valence-electron chi connectivity index (χ0n) is 22.4. The summed E-state index contributed by atoms with van der Waals surface area (Å²) in [6.07, 6.45) is 22.9. The van der Waals surface area contributed by atoms with Crippen LogP contribution in [0.25, 0.3) is 22.3 Å². The zero-order valence-corrected chi connectivity index (χ0v) is 23.9. The Labute approximate surface area is 256 Å². The van der Waals surface area contributed by atoms with Crippen LogP contribution in [0.1, 0.15) is 18.1 Å². The molecule has 3 rings (SSSR count). The fraction of sp³-hybridized carbons (Fsp3) is 0.111. The van der Waals surface area contributed by atoms with Gasteiger partial charge >= 0.3 is 0 Å². The first-order chi connectivity index (χ1) is 20.6. The molecule has 0 spiro atoms. The predicted octanol–water partition coefficient (Wildman–Crippen LogP) is 6.82. The summed E-state index contributed by atoms with van der Waals surface area (Å²) in [7, 11) is 0. The normalized spacial score (nSPS) is 8.76. The highest BCUT2D eigenvalue weighted by Crippen LogP contribution is 2.40. The number of hydrogen-bond donors (Lipinski definition) is 0. The fourth-order valence-corrected chi connectivity index (χ4v) is 4.12. The molecule has 0 N–H and O–H groups in total. The first kappa shape index (κ1) is 30.9. The minimum Gasteiger partial charge on any atom is -0.477 e. The smallest absolute Gasteiger partial charge is 0.184 e. The lowest BCUT2D eigenvalue weighted by Crippen LogP contribution is -1.99. The molecule has 0 unspecified atom stereocenters. The first-order valence-electron chi connectivity index (χ1n) is 12.1. The van der Waals surface area contributed by atoms with E-state index in [1.807, 2.05) is 30.3 Å². The average molecular weight is 587 g/mol. The molecule has 42 heavy (non-hydrogen) atoms. The number of rotatable bonds is 9. The van der Waals surface area contributed by atoms with Gasteiger partial charge in [-0.3, -0.25) is 0 Å². The SMILES string of the molecule is C#CC#COc1ccc(-c2cc(CCl)c(-c3ccc(OC#CC#C)c(OCC#CC)c3)cc2CCl)cc1OC#CC#C. The van der Waals surface area contributed by atoms with Crippen molar-refractivity contribution in [2.45, 2.75) is 18.7 Å². The number of benzene rings is 3. The standard InChI is InChI=1S/C36H20Cl2O4/c1-5-9-17-39-33-15-13-27(23-35(33)41-19-11-7-3)31-21-30(26-38)32(22-29(31)25-37)28-14-16-34(40-18-10-6-2)36(24-28)42-20-12-8-4/h1-3,13-16,21-24H,20,25-26H2,4H3. The van der Waals surface area contributed by atoms with Gasteiger partial charge < -0.3 is 18.9 Å². The molecular formula is C36H20Cl2O4. The number of halogens is 2. The highest BCUT2D eigenvalue weighted by molar-refractivity contribution is 6.18. The van der Waals surface area contributed by atoms with Gasteiger partial charge in [-0.15, -0.1) is 48.4 Å². The second-order valence-corrected chi connectivity index (χ2v) is 8.43. The lowest BCUT2D eigenvalue weighted by atomic mass is 9.91. The van der Waals surface area contributed by atoms with Crippen molar-refractivity contribution in [1.82, 2.24) is 0 Å². The van der Waals surface area contributed by atoms with Gasteiger partial charge in [0.25, 0.3) is 0 Å². The molecule has 3 aromatic rings. The molecule has 0 atom stereocenters. The van der Waals surface area contributed by atoms with E-state index in [1.165, 1.54) is 0 Å². The lowest BCUT2D eigenvalue weighted by molar-refractivity contribution is 0.350. The Morgan fingerprint density at radius 3 is 1.52 bits per heavy atom. The largest absolute Gasteiger partial charge is 0.477 e. The zero-order chi connectivity index (χ0) is 30.2. The van der Waals surface area contributed by atoms with Gasteiger partial charge in [-0.25, -0.2) is 0 Å². The second kappa shape index (κ2) is 16.5. The Morgan fingerprint density at radius 2 is 1.07 bits per heavy atom. The van der Waals surface area contributed by atoms with E-state index in [9.17, 15) is 0 Å². The third-order valence-electron chi connectivity index (χ3n) is 5.46. The first-order valence-corrected chi connectivity index (χ1v) is 13.1. The minimum absolute atomic E-state index is 0.164. The third kappa shape index (κ3) is 8.18. The third-order valence-corrected chi connectivity index (χ3v) is 6.03. The van der Waals surface area contributed by atoms with Crippen LogP contribution in [-0.2, 0) is 11.8 Å². The number of alkyl halides is 2. The summed E-state index contributed by atoms with van der Waals surface area (Å²) < 4.78 is 22.3. The van der Waals surface area contributed by atoms with Crippen LogP contribution < -0.4 is 18.9 Å². The van der Waals surface area contributed by atoms with E-state index >= 15 is 0 Å². The maximum atomic E-state index is 6.45. The Hall–Kier alpha value is -5.64. The van der Waals surface area contributed by atoms with E-state index in [2.05, 4.69) is 65.7 Å². The number of terminal acetylenes is 3. The van der Waals surface area contributed by atoms with Crippen LogP contribution in [0.3, 0.4) is 0 Å². The van der Waals surface area contributed by atoms with Crippen LogP contribution in [0.15, 0.2) is 48.5 Å². The summed E-state index contributed by atoms with van der Waals surface area (Å²) in [5.74, 6) is 21.3. The highest BCUT2D eigenvalue weighted by Gasteiger charge is 2.17. The summed E-state index contributed by atoms with van der Waals surface area (Å²) in [6.45, 7) is 1.89. The van der Waals surface area contributed by atoms with Gasteiger partial charge in [0.15, 0.2) is 23.0 Å². The number of ether oxygens (including phenoxy) is 4. The fourth-order valence-electron chi connectivity index (χ4n) is 3.68. The molecular weight excluding hydrogens is 567 g/mol. The molecule has 0 fully saturated rings. The van der Waals surface area contributed by atoms with Gasteiger partial charge in [0.05, 0.1) is 0 Å². The molecule has 0 aliphatic heterocycles. The maximum Gasteiger partial charge on any atom is 0.184 e. The van der Waals surface area contributed by atoms with E-state index in [4.69, 9.17) is 61.4 Å². The van der Waals surface area contributed by atoms with Gasteiger partial charge in [0, 0.05) is 29.5 Å². The van der Waals surface area contributed by atoms with Crippen molar-refractivity contribution in [2.24, 2.45) is 0 Å². The van der Waals surface area contributed by atoms with Gasteiger partial charge in [-0.2, -0.15) is 0 Å². The van der Waals surface area contributed by atoms with Crippen molar-refractivity contribution in [3.05, 3.63) is 59.7 Å². The minimum atomic E-state index is 0.164. The van der Waals surface area contributed by atoms with Gasteiger partial charge in [0.2, 0.25) is 0 Å². The van der Waals surface area contributed by atoms with Crippen molar-refractivity contribution in [3.8, 4) is 130 Å². The molecule has 3 aromatic carbocycles. The summed E-state index contributed by atoms with van der Waals surface area (Å²) >= 11 is 12.9. The molecule has 202 valence electrons. The number of hydrogen-bond acceptors (Lipinski definition) is 4. The molecule has 0 radical (unpaired) electrons. The van der Waals surface area contributed by atoms with Crippen molar-refractivity contribution in [1.29, 1.82) is 0 Å². The average Bonchev–Trinajstić information content (AvgIpc) is 3.02. The summed E-state index contributed by atoms with van der Waals surface area (Å²) in [4.78, 5) is 0. The van der Waals surface area contributed by atoms with Gasteiger partial charge in [0.1, 0.15) is 24.9 Å².